The minimum absolute atomic E-state index is 0.00719. The largest absolute Gasteiger partial charge is 0.476 e. The summed E-state index contributed by atoms with van der Waals surface area (Å²) < 4.78 is 92.9. The number of nitrogens with one attached hydrogen (secondary N) is 1. The second-order valence-corrected chi connectivity index (χ2v) is 8.78. The van der Waals surface area contributed by atoms with E-state index in [1.807, 2.05) is 19.0 Å². The fraction of sp³-hybridized carbons (Fsp3) is 0.346. The zero-order valence-corrected chi connectivity index (χ0v) is 21.9. The van der Waals surface area contributed by atoms with Crippen LogP contribution in [0.5, 0.6) is 6.01 Å². The highest BCUT2D eigenvalue weighted by Gasteiger charge is 2.36. The smallest absolute Gasteiger partial charge is 0.416 e. The van der Waals surface area contributed by atoms with Gasteiger partial charge in [-0.1, -0.05) is 6.07 Å². The number of benzene rings is 2. The molecule has 0 aliphatic carbocycles. The van der Waals surface area contributed by atoms with Crippen LogP contribution >= 0.6 is 0 Å². The Morgan fingerprint density at radius 1 is 1.00 bits per heavy atom. The van der Waals surface area contributed by atoms with Crippen LogP contribution < -0.4 is 10.1 Å². The van der Waals surface area contributed by atoms with E-state index in [2.05, 4.69) is 15.3 Å². The SMILES string of the molecule is CNCc1cc(C(F)(F)F)cc(C(F)(F)F)c1.Cc1cc(F)ccc1-c1cnc(OCCN(C)C)nc1C(=O)O. The summed E-state index contributed by atoms with van der Waals surface area (Å²) in [5.41, 5.74) is -1.31. The molecule has 218 valence electrons. The van der Waals surface area contributed by atoms with E-state index in [9.17, 15) is 40.6 Å². The summed E-state index contributed by atoms with van der Waals surface area (Å²) >= 11 is 0. The number of carboxylic acids is 1. The Kier molecular flexibility index (Phi) is 11.0. The molecule has 3 aromatic rings. The molecular formula is C26H27F7N4O3. The van der Waals surface area contributed by atoms with Crippen LogP contribution in [0, 0.1) is 12.7 Å². The van der Waals surface area contributed by atoms with E-state index in [1.54, 1.807) is 6.92 Å². The van der Waals surface area contributed by atoms with Gasteiger partial charge in [-0.25, -0.2) is 14.2 Å². The lowest BCUT2D eigenvalue weighted by atomic mass is 10.0. The zero-order valence-electron chi connectivity index (χ0n) is 21.9. The number of aromatic nitrogens is 2. The lowest BCUT2D eigenvalue weighted by Crippen LogP contribution is -2.20. The van der Waals surface area contributed by atoms with Gasteiger partial charge in [0.15, 0.2) is 5.69 Å². The number of alkyl halides is 6. The van der Waals surface area contributed by atoms with Crippen molar-refractivity contribution in [1.82, 2.24) is 20.2 Å². The Morgan fingerprint density at radius 2 is 1.60 bits per heavy atom. The monoisotopic (exact) mass is 576 g/mol. The second-order valence-electron chi connectivity index (χ2n) is 8.78. The number of aryl methyl sites for hydroxylation is 1. The lowest BCUT2D eigenvalue weighted by Gasteiger charge is -2.13. The maximum atomic E-state index is 13.2. The third-order valence-electron chi connectivity index (χ3n) is 5.25. The van der Waals surface area contributed by atoms with Crippen LogP contribution in [-0.4, -0.2) is 60.2 Å². The summed E-state index contributed by atoms with van der Waals surface area (Å²) in [5, 5.41) is 11.9. The van der Waals surface area contributed by atoms with Crippen molar-refractivity contribution in [3.05, 3.63) is 76.4 Å². The van der Waals surface area contributed by atoms with Crippen molar-refractivity contribution in [2.45, 2.75) is 25.8 Å². The number of carboxylic acid groups (broad SMARTS) is 1. The number of rotatable bonds is 8. The van der Waals surface area contributed by atoms with Gasteiger partial charge in [0.1, 0.15) is 12.4 Å². The molecule has 1 heterocycles. The summed E-state index contributed by atoms with van der Waals surface area (Å²) in [6.45, 7) is 2.64. The number of halogens is 7. The summed E-state index contributed by atoms with van der Waals surface area (Å²) in [5.74, 6) is -1.57. The number of nitrogens with zero attached hydrogens (tertiary/aromatic N) is 3. The minimum Gasteiger partial charge on any atom is -0.476 e. The molecule has 0 saturated heterocycles. The van der Waals surface area contributed by atoms with Crippen molar-refractivity contribution in [2.24, 2.45) is 0 Å². The molecule has 14 heteroatoms. The first kappa shape index (κ1) is 32.4. The molecule has 40 heavy (non-hydrogen) atoms. The molecule has 2 aromatic carbocycles. The van der Waals surface area contributed by atoms with E-state index in [0.717, 1.165) is 0 Å². The van der Waals surface area contributed by atoms with Gasteiger partial charge in [-0.2, -0.15) is 31.3 Å². The lowest BCUT2D eigenvalue weighted by molar-refractivity contribution is -0.143. The topological polar surface area (TPSA) is 87.6 Å². The third kappa shape index (κ3) is 9.45. The van der Waals surface area contributed by atoms with Crippen LogP contribution in [0.4, 0.5) is 30.7 Å². The summed E-state index contributed by atoms with van der Waals surface area (Å²) in [6, 6.07) is 5.64. The Hall–Kier alpha value is -3.78. The van der Waals surface area contributed by atoms with Gasteiger partial charge in [-0.3, -0.25) is 0 Å². The van der Waals surface area contributed by atoms with E-state index in [0.29, 0.717) is 42.0 Å². The van der Waals surface area contributed by atoms with Crippen LogP contribution in [0.1, 0.15) is 32.7 Å². The third-order valence-corrected chi connectivity index (χ3v) is 5.25. The van der Waals surface area contributed by atoms with Gasteiger partial charge in [0.05, 0.1) is 11.1 Å². The van der Waals surface area contributed by atoms with Gasteiger partial charge in [-0.05, 0) is 75.1 Å². The summed E-state index contributed by atoms with van der Waals surface area (Å²) in [6.07, 6.45) is -8.19. The molecule has 0 bridgehead atoms. The van der Waals surface area contributed by atoms with Crippen LogP contribution in [0.2, 0.25) is 0 Å². The summed E-state index contributed by atoms with van der Waals surface area (Å²) in [4.78, 5) is 21.4. The van der Waals surface area contributed by atoms with E-state index in [4.69, 9.17) is 4.74 Å². The molecule has 7 nitrogen and oxygen atoms in total. The predicted octanol–water partition coefficient (Wildman–Crippen LogP) is 5.67. The van der Waals surface area contributed by atoms with Crippen molar-refractivity contribution < 1.29 is 45.4 Å². The van der Waals surface area contributed by atoms with Crippen molar-refractivity contribution in [2.75, 3.05) is 34.3 Å². The van der Waals surface area contributed by atoms with Crippen molar-refractivity contribution >= 4 is 5.97 Å². The summed E-state index contributed by atoms with van der Waals surface area (Å²) in [7, 11) is 5.23. The van der Waals surface area contributed by atoms with Crippen LogP contribution in [0.25, 0.3) is 11.1 Å². The molecule has 0 amide bonds. The Bertz CT molecular complexity index is 1280. The van der Waals surface area contributed by atoms with Gasteiger partial charge in [0, 0.05) is 24.8 Å². The first-order valence-electron chi connectivity index (χ1n) is 11.6. The van der Waals surface area contributed by atoms with E-state index >= 15 is 0 Å². The highest BCUT2D eigenvalue weighted by molar-refractivity contribution is 5.94. The maximum absolute atomic E-state index is 13.2. The van der Waals surface area contributed by atoms with Crippen LogP contribution in [0.15, 0.2) is 42.6 Å². The maximum Gasteiger partial charge on any atom is 0.416 e. The van der Waals surface area contributed by atoms with Crippen LogP contribution in [-0.2, 0) is 18.9 Å². The first-order valence-corrected chi connectivity index (χ1v) is 11.6. The van der Waals surface area contributed by atoms with Gasteiger partial charge >= 0.3 is 24.3 Å². The average Bonchev–Trinajstić information content (AvgIpc) is 2.83. The molecule has 3 rings (SSSR count). The number of hydrogen-bond acceptors (Lipinski definition) is 6. The first-order chi connectivity index (χ1) is 18.5. The van der Waals surface area contributed by atoms with Gasteiger partial charge < -0.3 is 20.1 Å². The normalized spacial score (nSPS) is 11.7. The van der Waals surface area contributed by atoms with Gasteiger partial charge in [0.2, 0.25) is 0 Å². The fourth-order valence-corrected chi connectivity index (χ4v) is 3.37. The number of carbonyl (C=O) groups is 1. The molecule has 0 atom stereocenters. The van der Waals surface area contributed by atoms with E-state index < -0.39 is 29.4 Å². The predicted molar refractivity (Wildman–Crippen MR) is 132 cm³/mol. The minimum atomic E-state index is -4.79. The zero-order chi connectivity index (χ0) is 30.3. The van der Waals surface area contributed by atoms with E-state index in [-0.39, 0.29) is 35.7 Å². The molecule has 0 aliphatic rings. The van der Waals surface area contributed by atoms with Crippen molar-refractivity contribution in [3.8, 4) is 17.1 Å². The molecule has 0 unspecified atom stereocenters. The van der Waals surface area contributed by atoms with Crippen molar-refractivity contribution in [3.63, 3.8) is 0 Å². The average molecular weight is 577 g/mol. The molecule has 2 N–H and O–H groups in total. The Labute approximate surface area is 225 Å². The Morgan fingerprint density at radius 3 is 2.08 bits per heavy atom. The standard InChI is InChI=1S/C16H18FN3O3.C10H9F6N/c1-10-8-11(17)4-5-12(10)13-9-18-16(19-14(13)15(21)22)23-7-6-20(2)3;1-17-5-6-2-7(9(11,12)13)4-8(3-6)10(14,15)16/h4-5,8-9H,6-7H2,1-3H3,(H,21,22);2-4,17H,5H2,1H3. The highest BCUT2D eigenvalue weighted by Crippen LogP contribution is 2.36. The van der Waals surface area contributed by atoms with Gasteiger partial charge in [0.25, 0.3) is 0 Å². The molecule has 0 spiro atoms. The van der Waals surface area contributed by atoms with Crippen molar-refractivity contribution in [1.29, 1.82) is 0 Å². The number of hydrogen-bond donors (Lipinski definition) is 2. The molecule has 0 saturated carbocycles. The number of ether oxygens (including phenoxy) is 1. The fourth-order valence-electron chi connectivity index (χ4n) is 3.37. The highest BCUT2D eigenvalue weighted by atomic mass is 19.4. The molecule has 0 radical (unpaired) electrons. The number of aromatic carboxylic acids is 1. The second kappa shape index (κ2) is 13.5. The molecule has 0 fully saturated rings. The number of likely N-dealkylation sites (N-methyl/N-ethyl adjacent to an activating group) is 1. The molecule has 1 aromatic heterocycles. The molecular weight excluding hydrogens is 549 g/mol. The quantitative estimate of drug-likeness (QED) is 0.334. The Balaban J connectivity index is 0.000000294. The van der Waals surface area contributed by atoms with E-state index in [1.165, 1.54) is 31.4 Å². The van der Waals surface area contributed by atoms with Gasteiger partial charge in [-0.15, -0.1) is 0 Å². The van der Waals surface area contributed by atoms with Crippen LogP contribution in [0.3, 0.4) is 0 Å². The molecule has 0 aliphatic heterocycles.